The predicted molar refractivity (Wildman–Crippen MR) is 141 cm³/mol. The third kappa shape index (κ3) is 14.1. The smallest absolute Gasteiger partial charge is 0.308 e. The fourth-order valence-corrected chi connectivity index (χ4v) is 4.02. The van der Waals surface area contributed by atoms with Gasteiger partial charge in [-0.25, -0.2) is 0 Å². The highest BCUT2D eigenvalue weighted by molar-refractivity contribution is 5.70. The van der Waals surface area contributed by atoms with Crippen LogP contribution in [-0.4, -0.2) is 23.8 Å². The topological polar surface area (TPSA) is 46.5 Å². The van der Waals surface area contributed by atoms with Crippen molar-refractivity contribution in [3.63, 3.8) is 0 Å². The zero-order valence-electron chi connectivity index (χ0n) is 22.1. The molecule has 3 heteroatoms. The Morgan fingerprint density at radius 2 is 1.39 bits per heavy atom. The molecule has 0 amide bonds. The van der Waals surface area contributed by atoms with Crippen LogP contribution in [0.15, 0.2) is 58.2 Å². The quantitative estimate of drug-likeness (QED) is 0.210. The number of carboxylic acids is 1. The van der Waals surface area contributed by atoms with E-state index in [2.05, 4.69) is 65.0 Å². The first-order valence-corrected chi connectivity index (χ1v) is 12.8. The largest absolute Gasteiger partial charge is 0.481 e. The number of hydrogen-bond donors (Lipinski definition) is 1. The van der Waals surface area contributed by atoms with Crippen LogP contribution in [0.5, 0.6) is 0 Å². The van der Waals surface area contributed by atoms with Crippen molar-refractivity contribution in [1.82, 2.24) is 0 Å². The Kier molecular flexibility index (Phi) is 14.8. The lowest BCUT2D eigenvalue weighted by molar-refractivity contribution is -0.147. The molecule has 2 atom stereocenters. The van der Waals surface area contributed by atoms with Gasteiger partial charge >= 0.3 is 5.97 Å². The normalized spacial score (nSPS) is 20.1. The van der Waals surface area contributed by atoms with Crippen molar-refractivity contribution in [3.05, 3.63) is 58.2 Å². The fourth-order valence-electron chi connectivity index (χ4n) is 4.02. The number of carboxylic acid groups (broad SMARTS) is 1. The third-order valence-corrected chi connectivity index (χ3v) is 6.43. The summed E-state index contributed by atoms with van der Waals surface area (Å²) in [5, 5.41) is 9.11. The van der Waals surface area contributed by atoms with E-state index >= 15 is 0 Å². The Hall–Kier alpha value is -1.87. The van der Waals surface area contributed by atoms with E-state index in [-0.39, 0.29) is 6.10 Å². The van der Waals surface area contributed by atoms with Gasteiger partial charge in [-0.15, -0.1) is 0 Å². The van der Waals surface area contributed by atoms with Crippen LogP contribution in [-0.2, 0) is 9.53 Å². The Morgan fingerprint density at radius 3 is 1.88 bits per heavy atom. The van der Waals surface area contributed by atoms with E-state index in [1.54, 1.807) is 6.92 Å². The van der Waals surface area contributed by atoms with Crippen molar-refractivity contribution in [1.29, 1.82) is 0 Å². The van der Waals surface area contributed by atoms with Crippen LogP contribution < -0.4 is 0 Å². The number of aliphatic carboxylic acids is 1. The summed E-state index contributed by atoms with van der Waals surface area (Å²) in [6.45, 7) is 13.4. The van der Waals surface area contributed by atoms with Gasteiger partial charge < -0.3 is 9.84 Å². The Bertz CT molecular complexity index is 735. The SMILES string of the molecule is CC(C)=CCC/C(C)=C/CC/C(C)=C/CC/C=C(\C)CC/C=C1\CCC(C(C)C(=O)O)OC1. The molecule has 33 heavy (non-hydrogen) atoms. The minimum atomic E-state index is -0.768. The summed E-state index contributed by atoms with van der Waals surface area (Å²) in [5.74, 6) is -1.19. The monoisotopic (exact) mass is 456 g/mol. The molecule has 1 aliphatic heterocycles. The third-order valence-electron chi connectivity index (χ3n) is 6.43. The first-order chi connectivity index (χ1) is 15.7. The Labute approximate surface area is 203 Å². The molecule has 0 saturated carbocycles. The highest BCUT2D eigenvalue weighted by Crippen LogP contribution is 2.24. The molecule has 0 aliphatic carbocycles. The van der Waals surface area contributed by atoms with Crippen LogP contribution in [0.3, 0.4) is 0 Å². The van der Waals surface area contributed by atoms with E-state index in [1.807, 2.05) is 0 Å². The van der Waals surface area contributed by atoms with Crippen molar-refractivity contribution in [2.75, 3.05) is 6.61 Å². The first kappa shape index (κ1) is 29.2. The van der Waals surface area contributed by atoms with Crippen molar-refractivity contribution in [3.8, 4) is 0 Å². The van der Waals surface area contributed by atoms with Crippen molar-refractivity contribution in [2.45, 2.75) is 112 Å². The molecule has 0 aromatic rings. The molecule has 0 bridgehead atoms. The van der Waals surface area contributed by atoms with Gasteiger partial charge in [0.2, 0.25) is 0 Å². The molecular weight excluding hydrogens is 408 g/mol. The summed E-state index contributed by atoms with van der Waals surface area (Å²) < 4.78 is 5.76. The number of unbranched alkanes of at least 4 members (excludes halogenated alkanes) is 1. The molecular formula is C30H48O3. The summed E-state index contributed by atoms with van der Waals surface area (Å²) in [5.41, 5.74) is 7.16. The van der Waals surface area contributed by atoms with Crippen LogP contribution in [0.4, 0.5) is 0 Å². The summed E-state index contributed by atoms with van der Waals surface area (Å²) in [6, 6.07) is 0. The molecule has 2 unspecified atom stereocenters. The molecule has 1 aliphatic rings. The van der Waals surface area contributed by atoms with Gasteiger partial charge in [-0.3, -0.25) is 4.79 Å². The number of ether oxygens (including phenoxy) is 1. The van der Waals surface area contributed by atoms with E-state index in [1.165, 1.54) is 34.3 Å². The standard InChI is InChI=1S/C30H48O3/c1-23(2)12-9-15-26(5)17-10-16-24(3)13-7-8-14-25(4)18-11-19-28-20-21-29(33-22-28)27(6)30(31)32/h12-14,17,19,27,29H,7-11,15-16,18,20-22H2,1-6H3,(H,31,32)/b24-13+,25-14+,26-17+,28-19+. The van der Waals surface area contributed by atoms with E-state index in [9.17, 15) is 4.79 Å². The van der Waals surface area contributed by atoms with Crippen LogP contribution in [0, 0.1) is 5.92 Å². The maximum Gasteiger partial charge on any atom is 0.308 e. The molecule has 186 valence electrons. The molecule has 0 radical (unpaired) electrons. The van der Waals surface area contributed by atoms with Gasteiger partial charge in [0.1, 0.15) is 0 Å². The van der Waals surface area contributed by atoms with Crippen LogP contribution >= 0.6 is 0 Å². The Morgan fingerprint density at radius 1 is 0.879 bits per heavy atom. The average molecular weight is 457 g/mol. The minimum Gasteiger partial charge on any atom is -0.481 e. The number of allylic oxidation sites excluding steroid dienone is 9. The summed E-state index contributed by atoms with van der Waals surface area (Å²) in [4.78, 5) is 11.1. The first-order valence-electron chi connectivity index (χ1n) is 12.8. The zero-order valence-corrected chi connectivity index (χ0v) is 22.1. The summed E-state index contributed by atoms with van der Waals surface area (Å²) >= 11 is 0. The van der Waals surface area contributed by atoms with Gasteiger partial charge in [-0.2, -0.15) is 0 Å². The maximum absolute atomic E-state index is 11.1. The molecule has 0 spiro atoms. The number of hydrogen-bond acceptors (Lipinski definition) is 2. The van der Waals surface area contributed by atoms with Crippen LogP contribution in [0.2, 0.25) is 0 Å². The summed E-state index contributed by atoms with van der Waals surface area (Å²) in [6.07, 6.45) is 22.4. The highest BCUT2D eigenvalue weighted by atomic mass is 16.5. The molecule has 0 aromatic heterocycles. The van der Waals surface area contributed by atoms with Crippen LogP contribution in [0.25, 0.3) is 0 Å². The lowest BCUT2D eigenvalue weighted by atomic mass is 9.94. The molecule has 1 N–H and O–H groups in total. The van der Waals surface area contributed by atoms with E-state index in [0.717, 1.165) is 57.8 Å². The van der Waals surface area contributed by atoms with Gasteiger partial charge in [0.25, 0.3) is 0 Å². The van der Waals surface area contributed by atoms with Crippen molar-refractivity contribution >= 4 is 5.97 Å². The van der Waals surface area contributed by atoms with Crippen molar-refractivity contribution < 1.29 is 14.6 Å². The van der Waals surface area contributed by atoms with E-state index in [4.69, 9.17) is 9.84 Å². The lowest BCUT2D eigenvalue weighted by Gasteiger charge is -2.27. The van der Waals surface area contributed by atoms with E-state index < -0.39 is 11.9 Å². The second-order valence-electron chi connectivity index (χ2n) is 10.0. The molecule has 3 nitrogen and oxygen atoms in total. The molecule has 0 aromatic carbocycles. The van der Waals surface area contributed by atoms with Gasteiger partial charge in [0, 0.05) is 0 Å². The highest BCUT2D eigenvalue weighted by Gasteiger charge is 2.27. The average Bonchev–Trinajstić information content (AvgIpc) is 2.76. The lowest BCUT2D eigenvalue weighted by Crippen LogP contribution is -2.32. The fraction of sp³-hybridized carbons (Fsp3) is 0.633. The number of carbonyl (C=O) groups is 1. The molecule has 1 saturated heterocycles. The Balaban J connectivity index is 2.22. The van der Waals surface area contributed by atoms with Gasteiger partial charge in [-0.1, -0.05) is 52.7 Å². The van der Waals surface area contributed by atoms with Crippen molar-refractivity contribution in [2.24, 2.45) is 5.92 Å². The number of rotatable bonds is 14. The molecule has 1 fully saturated rings. The second-order valence-corrected chi connectivity index (χ2v) is 10.0. The summed E-state index contributed by atoms with van der Waals surface area (Å²) in [7, 11) is 0. The predicted octanol–water partition coefficient (Wildman–Crippen LogP) is 8.74. The maximum atomic E-state index is 11.1. The molecule has 1 heterocycles. The van der Waals surface area contributed by atoms with E-state index in [0.29, 0.717) is 6.61 Å². The van der Waals surface area contributed by atoms with Crippen LogP contribution in [0.1, 0.15) is 106 Å². The minimum absolute atomic E-state index is 0.148. The van der Waals surface area contributed by atoms with Gasteiger partial charge in [0.05, 0.1) is 18.6 Å². The second kappa shape index (κ2) is 16.7. The molecule has 1 rings (SSSR count). The van der Waals surface area contributed by atoms with Gasteiger partial charge in [0.15, 0.2) is 0 Å². The van der Waals surface area contributed by atoms with Gasteiger partial charge in [-0.05, 0) is 111 Å². The zero-order chi connectivity index (χ0) is 24.6.